The third-order valence-electron chi connectivity index (χ3n) is 2.74. The smallest absolute Gasteiger partial charge is 0.122 e. The summed E-state index contributed by atoms with van der Waals surface area (Å²) in [4.78, 5) is 0. The quantitative estimate of drug-likeness (QED) is 0.705. The third kappa shape index (κ3) is 1.87. The zero-order valence-corrected chi connectivity index (χ0v) is 9.36. The first-order chi connectivity index (χ1) is 7.86. The third-order valence-corrected chi connectivity index (χ3v) is 2.74. The lowest BCUT2D eigenvalue weighted by Gasteiger charge is -2.10. The van der Waals surface area contributed by atoms with Gasteiger partial charge in [-0.05, 0) is 23.3 Å². The Labute approximate surface area is 96.1 Å². The highest BCUT2D eigenvalue weighted by atomic mass is 16.5. The molecule has 0 heterocycles. The Bertz CT molecular complexity index is 535. The Morgan fingerprint density at radius 1 is 1.19 bits per heavy atom. The Kier molecular flexibility index (Phi) is 3.12. The topological polar surface area (TPSA) is 9.23 Å². The van der Waals surface area contributed by atoms with Crippen LogP contribution in [0, 0.1) is 12.3 Å². The van der Waals surface area contributed by atoms with Gasteiger partial charge in [-0.15, -0.1) is 12.3 Å². The molecule has 16 heavy (non-hydrogen) atoms. The fourth-order valence-corrected chi connectivity index (χ4v) is 1.96. The van der Waals surface area contributed by atoms with Crippen LogP contribution in [0.3, 0.4) is 0 Å². The van der Waals surface area contributed by atoms with Gasteiger partial charge >= 0.3 is 0 Å². The molecule has 0 radical (unpaired) electrons. The number of rotatable bonds is 3. The average Bonchev–Trinajstić information content (AvgIpc) is 2.35. The van der Waals surface area contributed by atoms with E-state index in [1.54, 1.807) is 7.11 Å². The van der Waals surface area contributed by atoms with Crippen LogP contribution in [0.1, 0.15) is 12.0 Å². The Morgan fingerprint density at radius 3 is 2.75 bits per heavy atom. The molecule has 0 unspecified atom stereocenters. The minimum Gasteiger partial charge on any atom is -0.496 e. The lowest BCUT2D eigenvalue weighted by atomic mass is 10.00. The molecule has 0 saturated heterocycles. The molecule has 1 nitrogen and oxygen atoms in total. The number of benzene rings is 2. The van der Waals surface area contributed by atoms with E-state index in [1.165, 1.54) is 16.3 Å². The van der Waals surface area contributed by atoms with Gasteiger partial charge in [0.15, 0.2) is 0 Å². The lowest BCUT2D eigenvalue weighted by Crippen LogP contribution is -1.93. The first-order valence-corrected chi connectivity index (χ1v) is 5.35. The zero-order chi connectivity index (χ0) is 11.4. The van der Waals surface area contributed by atoms with Crippen LogP contribution in [-0.2, 0) is 6.42 Å². The van der Waals surface area contributed by atoms with Gasteiger partial charge in [-0.3, -0.25) is 0 Å². The second-order valence-electron chi connectivity index (χ2n) is 3.67. The molecule has 0 spiro atoms. The molecule has 0 atom stereocenters. The van der Waals surface area contributed by atoms with E-state index in [2.05, 4.69) is 24.1 Å². The van der Waals surface area contributed by atoms with Crippen molar-refractivity contribution in [1.29, 1.82) is 0 Å². The zero-order valence-electron chi connectivity index (χ0n) is 9.36. The summed E-state index contributed by atoms with van der Waals surface area (Å²) in [6.07, 6.45) is 6.92. The molecule has 0 N–H and O–H groups in total. The molecular weight excluding hydrogens is 196 g/mol. The van der Waals surface area contributed by atoms with Crippen LogP contribution in [0.5, 0.6) is 5.75 Å². The van der Waals surface area contributed by atoms with Crippen molar-refractivity contribution in [1.82, 2.24) is 0 Å². The summed E-state index contributed by atoms with van der Waals surface area (Å²) in [5.74, 6) is 3.60. The Morgan fingerprint density at radius 2 is 2.00 bits per heavy atom. The van der Waals surface area contributed by atoms with Gasteiger partial charge in [-0.25, -0.2) is 0 Å². The maximum atomic E-state index is 5.38. The van der Waals surface area contributed by atoms with Crippen molar-refractivity contribution in [3.63, 3.8) is 0 Å². The molecule has 0 saturated carbocycles. The molecule has 1 heteroatoms. The highest BCUT2D eigenvalue weighted by Gasteiger charge is 2.06. The van der Waals surface area contributed by atoms with Crippen molar-refractivity contribution < 1.29 is 4.74 Å². The maximum Gasteiger partial charge on any atom is 0.122 e. The van der Waals surface area contributed by atoms with Gasteiger partial charge in [-0.2, -0.15) is 0 Å². The number of aryl methyl sites for hydroxylation is 1. The van der Waals surface area contributed by atoms with Crippen LogP contribution in [0.2, 0.25) is 0 Å². The first kappa shape index (κ1) is 10.6. The Balaban J connectivity index is 2.59. The second kappa shape index (κ2) is 4.72. The number of hydrogen-bond acceptors (Lipinski definition) is 1. The van der Waals surface area contributed by atoms with Gasteiger partial charge in [0.05, 0.1) is 7.11 Å². The molecular formula is C15H14O. The van der Waals surface area contributed by atoms with Crippen LogP contribution >= 0.6 is 0 Å². The molecule has 0 aliphatic rings. The van der Waals surface area contributed by atoms with E-state index in [0.29, 0.717) is 0 Å². The maximum absolute atomic E-state index is 5.38. The fraction of sp³-hybridized carbons (Fsp3) is 0.200. The molecule has 2 rings (SSSR count). The summed E-state index contributed by atoms with van der Waals surface area (Å²) in [6.45, 7) is 0. The predicted octanol–water partition coefficient (Wildman–Crippen LogP) is 3.41. The first-order valence-electron chi connectivity index (χ1n) is 5.35. The summed E-state index contributed by atoms with van der Waals surface area (Å²) in [5, 5.41) is 2.47. The summed E-state index contributed by atoms with van der Waals surface area (Å²) < 4.78 is 5.38. The van der Waals surface area contributed by atoms with Crippen molar-refractivity contribution in [3.8, 4) is 18.1 Å². The highest BCUT2D eigenvalue weighted by Crippen LogP contribution is 2.28. The highest BCUT2D eigenvalue weighted by molar-refractivity contribution is 5.87. The summed E-state index contributed by atoms with van der Waals surface area (Å²) in [7, 11) is 1.70. The Hall–Kier alpha value is -1.94. The number of terminal acetylenes is 1. The monoisotopic (exact) mass is 210 g/mol. The van der Waals surface area contributed by atoms with E-state index >= 15 is 0 Å². The van der Waals surface area contributed by atoms with E-state index < -0.39 is 0 Å². The van der Waals surface area contributed by atoms with Crippen LogP contribution in [-0.4, -0.2) is 7.11 Å². The number of ether oxygens (including phenoxy) is 1. The van der Waals surface area contributed by atoms with Crippen LogP contribution in [0.15, 0.2) is 36.4 Å². The van der Waals surface area contributed by atoms with Gasteiger partial charge in [-0.1, -0.05) is 30.3 Å². The SMILES string of the molecule is C#CCCc1c(OC)ccc2ccccc12. The molecule has 2 aromatic carbocycles. The minimum atomic E-state index is 0.740. The van der Waals surface area contributed by atoms with Gasteiger partial charge in [0.2, 0.25) is 0 Å². The molecule has 0 amide bonds. The molecule has 2 aromatic rings. The van der Waals surface area contributed by atoms with Gasteiger partial charge in [0.1, 0.15) is 5.75 Å². The lowest BCUT2D eigenvalue weighted by molar-refractivity contribution is 0.410. The van der Waals surface area contributed by atoms with Crippen molar-refractivity contribution >= 4 is 10.8 Å². The van der Waals surface area contributed by atoms with Gasteiger partial charge < -0.3 is 4.74 Å². The molecule has 0 aromatic heterocycles. The van der Waals surface area contributed by atoms with Gasteiger partial charge in [0, 0.05) is 12.0 Å². The van der Waals surface area contributed by atoms with E-state index in [9.17, 15) is 0 Å². The number of methoxy groups -OCH3 is 1. The largest absolute Gasteiger partial charge is 0.496 e. The molecule has 0 aliphatic heterocycles. The number of fused-ring (bicyclic) bond motifs is 1. The van der Waals surface area contributed by atoms with Crippen molar-refractivity contribution in [3.05, 3.63) is 42.0 Å². The van der Waals surface area contributed by atoms with E-state index in [0.717, 1.165) is 18.6 Å². The number of hydrogen-bond donors (Lipinski definition) is 0. The van der Waals surface area contributed by atoms with Crippen LogP contribution < -0.4 is 4.74 Å². The van der Waals surface area contributed by atoms with Crippen LogP contribution in [0.25, 0.3) is 10.8 Å². The fourth-order valence-electron chi connectivity index (χ4n) is 1.96. The van der Waals surface area contributed by atoms with E-state index in [4.69, 9.17) is 11.2 Å². The van der Waals surface area contributed by atoms with Crippen molar-refractivity contribution in [2.45, 2.75) is 12.8 Å². The van der Waals surface area contributed by atoms with E-state index in [-0.39, 0.29) is 0 Å². The van der Waals surface area contributed by atoms with Crippen LogP contribution in [0.4, 0.5) is 0 Å². The summed E-state index contributed by atoms with van der Waals surface area (Å²) >= 11 is 0. The summed E-state index contributed by atoms with van der Waals surface area (Å²) in [6, 6.07) is 12.4. The average molecular weight is 210 g/mol. The summed E-state index contributed by atoms with van der Waals surface area (Å²) in [5.41, 5.74) is 1.21. The standard InChI is InChI=1S/C15H14O/c1-3-4-8-14-13-9-6-5-7-12(13)10-11-15(14)16-2/h1,5-7,9-11H,4,8H2,2H3. The van der Waals surface area contributed by atoms with E-state index in [1.807, 2.05) is 18.2 Å². The predicted molar refractivity (Wildman–Crippen MR) is 67.7 cm³/mol. The molecule has 80 valence electrons. The molecule has 0 fully saturated rings. The minimum absolute atomic E-state index is 0.740. The normalized spacial score (nSPS) is 10.0. The van der Waals surface area contributed by atoms with Gasteiger partial charge in [0.25, 0.3) is 0 Å². The molecule has 0 aliphatic carbocycles. The second-order valence-corrected chi connectivity index (χ2v) is 3.67. The van der Waals surface area contributed by atoms with Crippen molar-refractivity contribution in [2.24, 2.45) is 0 Å². The van der Waals surface area contributed by atoms with Crippen molar-refractivity contribution in [2.75, 3.05) is 7.11 Å². The molecule has 0 bridgehead atoms.